The highest BCUT2D eigenvalue weighted by Crippen LogP contribution is 2.28. The third kappa shape index (κ3) is 5.03. The lowest BCUT2D eigenvalue weighted by molar-refractivity contribution is -0.119. The Bertz CT molecular complexity index is 1060. The van der Waals surface area contributed by atoms with Crippen LogP contribution in [0.15, 0.2) is 41.6 Å². The van der Waals surface area contributed by atoms with E-state index in [0.717, 1.165) is 28.7 Å². The topological polar surface area (TPSA) is 69.0 Å². The minimum atomic E-state index is 0.0661. The van der Waals surface area contributed by atoms with Gasteiger partial charge in [0.1, 0.15) is 12.4 Å². The molecule has 2 aromatic carbocycles. The maximum Gasteiger partial charge on any atom is 0.230 e. The second-order valence-electron chi connectivity index (χ2n) is 8.38. The van der Waals surface area contributed by atoms with Crippen LogP contribution in [0.2, 0.25) is 0 Å². The van der Waals surface area contributed by atoms with Crippen LogP contribution in [0.1, 0.15) is 44.0 Å². The molecule has 31 heavy (non-hydrogen) atoms. The van der Waals surface area contributed by atoms with E-state index in [-0.39, 0.29) is 5.91 Å². The van der Waals surface area contributed by atoms with E-state index in [0.29, 0.717) is 24.3 Å². The van der Waals surface area contributed by atoms with Gasteiger partial charge in [0, 0.05) is 13.1 Å². The summed E-state index contributed by atoms with van der Waals surface area (Å²) < 4.78 is 7.95. The normalized spacial score (nSPS) is 18.8. The Morgan fingerprint density at radius 2 is 2.00 bits per heavy atom. The monoisotopic (exact) mass is 438 g/mol. The molecule has 6 nitrogen and oxygen atoms in total. The van der Waals surface area contributed by atoms with Gasteiger partial charge in [-0.25, -0.2) is 0 Å². The van der Waals surface area contributed by atoms with Gasteiger partial charge in [0.2, 0.25) is 5.91 Å². The van der Waals surface area contributed by atoms with E-state index in [2.05, 4.69) is 47.6 Å². The first-order valence-electron chi connectivity index (χ1n) is 10.9. The Morgan fingerprint density at radius 1 is 1.19 bits per heavy atom. The lowest BCUT2D eigenvalue weighted by Gasteiger charge is -2.29. The lowest BCUT2D eigenvalue weighted by Crippen LogP contribution is -2.41. The molecule has 164 valence electrons. The van der Waals surface area contributed by atoms with Crippen LogP contribution in [-0.2, 0) is 18.4 Å². The van der Waals surface area contributed by atoms with Crippen LogP contribution in [0, 0.1) is 12.8 Å². The predicted molar refractivity (Wildman–Crippen MR) is 124 cm³/mol. The number of carbonyl (C=O) groups excluding carboxylic acids is 1. The van der Waals surface area contributed by atoms with E-state index in [4.69, 9.17) is 4.74 Å². The summed E-state index contributed by atoms with van der Waals surface area (Å²) in [5, 5.41) is 14.8. The van der Waals surface area contributed by atoms with Crippen molar-refractivity contribution in [1.82, 2.24) is 20.1 Å². The molecule has 1 amide bonds. The van der Waals surface area contributed by atoms with E-state index in [1.807, 2.05) is 29.8 Å². The smallest absolute Gasteiger partial charge is 0.230 e. The van der Waals surface area contributed by atoms with Gasteiger partial charge >= 0.3 is 0 Å². The first-order valence-corrected chi connectivity index (χ1v) is 11.9. The molecule has 1 aromatic heterocycles. The van der Waals surface area contributed by atoms with Crippen molar-refractivity contribution in [3.05, 3.63) is 47.8 Å². The highest BCUT2D eigenvalue weighted by molar-refractivity contribution is 7.99. The van der Waals surface area contributed by atoms with E-state index >= 15 is 0 Å². The molecule has 1 aliphatic rings. The zero-order valence-corrected chi connectivity index (χ0v) is 19.2. The van der Waals surface area contributed by atoms with Gasteiger partial charge in [0.05, 0.1) is 5.75 Å². The molecule has 0 saturated heterocycles. The van der Waals surface area contributed by atoms with Crippen molar-refractivity contribution in [3.63, 3.8) is 0 Å². The minimum Gasteiger partial charge on any atom is -0.485 e. The Kier molecular flexibility index (Phi) is 6.80. The zero-order chi connectivity index (χ0) is 21.8. The number of rotatable bonds is 7. The maximum atomic E-state index is 12.4. The summed E-state index contributed by atoms with van der Waals surface area (Å²) in [7, 11) is 1.91. The molecule has 0 radical (unpaired) electrons. The van der Waals surface area contributed by atoms with Crippen molar-refractivity contribution in [2.45, 2.75) is 57.3 Å². The van der Waals surface area contributed by atoms with Gasteiger partial charge < -0.3 is 14.6 Å². The van der Waals surface area contributed by atoms with Gasteiger partial charge in [0.25, 0.3) is 0 Å². The third-order valence-electron chi connectivity index (χ3n) is 6.22. The van der Waals surface area contributed by atoms with E-state index in [9.17, 15) is 4.79 Å². The van der Waals surface area contributed by atoms with Crippen LogP contribution >= 0.6 is 11.8 Å². The number of hydrogen-bond donors (Lipinski definition) is 1. The number of ether oxygens (including phenoxy) is 1. The second kappa shape index (κ2) is 9.73. The van der Waals surface area contributed by atoms with Crippen LogP contribution in [0.5, 0.6) is 5.75 Å². The van der Waals surface area contributed by atoms with Gasteiger partial charge in [-0.2, -0.15) is 0 Å². The Labute approximate surface area is 187 Å². The summed E-state index contributed by atoms with van der Waals surface area (Å²) >= 11 is 1.41. The van der Waals surface area contributed by atoms with Crippen LogP contribution in [0.4, 0.5) is 0 Å². The number of aryl methyl sites for hydroxylation is 1. The summed E-state index contributed by atoms with van der Waals surface area (Å²) in [6.07, 6.45) is 4.75. The standard InChI is InChI=1S/C24H30N4O2S/c1-16-8-4-7-11-20(16)25-23(29)15-31-24-27-26-22(28(24)3)14-30-21-13-12-18-9-5-6-10-19(18)17(21)2/h5-6,9-10,12-13,16,20H,4,7-8,11,14-15H2,1-3H3,(H,25,29)/t16-,20-/m1/s1. The molecule has 1 N–H and O–H groups in total. The van der Waals surface area contributed by atoms with E-state index in [1.165, 1.54) is 41.8 Å². The highest BCUT2D eigenvalue weighted by atomic mass is 32.2. The highest BCUT2D eigenvalue weighted by Gasteiger charge is 2.23. The van der Waals surface area contributed by atoms with Crippen molar-refractivity contribution >= 4 is 28.4 Å². The molecule has 0 unspecified atom stereocenters. The minimum absolute atomic E-state index is 0.0661. The van der Waals surface area contributed by atoms with Crippen LogP contribution in [0.3, 0.4) is 0 Å². The predicted octanol–water partition coefficient (Wildman–Crippen LogP) is 4.64. The molecule has 7 heteroatoms. The average Bonchev–Trinajstić information content (AvgIpc) is 3.13. The molecular weight excluding hydrogens is 408 g/mol. The number of carbonyl (C=O) groups is 1. The number of nitrogens with zero attached hydrogens (tertiary/aromatic N) is 3. The summed E-state index contributed by atoms with van der Waals surface area (Å²) in [6.45, 7) is 4.62. The molecule has 2 atom stereocenters. The molecule has 0 spiro atoms. The molecule has 3 aromatic rings. The quantitative estimate of drug-likeness (QED) is 0.544. The van der Waals surface area contributed by atoms with Gasteiger partial charge in [-0.05, 0) is 48.1 Å². The Morgan fingerprint density at radius 3 is 2.84 bits per heavy atom. The number of aromatic nitrogens is 3. The molecular formula is C24H30N4O2S. The summed E-state index contributed by atoms with van der Waals surface area (Å²) in [5.74, 6) is 2.55. The maximum absolute atomic E-state index is 12.4. The number of thioether (sulfide) groups is 1. The fourth-order valence-electron chi connectivity index (χ4n) is 4.21. The fraction of sp³-hybridized carbons (Fsp3) is 0.458. The second-order valence-corrected chi connectivity index (χ2v) is 9.32. The van der Waals surface area contributed by atoms with Crippen molar-refractivity contribution in [2.75, 3.05) is 5.75 Å². The van der Waals surface area contributed by atoms with Crippen molar-refractivity contribution < 1.29 is 9.53 Å². The van der Waals surface area contributed by atoms with E-state index < -0.39 is 0 Å². The van der Waals surface area contributed by atoms with Crippen LogP contribution < -0.4 is 10.1 Å². The third-order valence-corrected chi connectivity index (χ3v) is 7.24. The largest absolute Gasteiger partial charge is 0.485 e. The lowest BCUT2D eigenvalue weighted by atomic mass is 9.86. The Balaban J connectivity index is 1.33. The SMILES string of the molecule is Cc1c(OCc2nnc(SCC(=O)N[C@@H]3CCCC[C@H]3C)n2C)ccc2ccccc12. The summed E-state index contributed by atoms with van der Waals surface area (Å²) in [4.78, 5) is 12.4. The van der Waals surface area contributed by atoms with Crippen molar-refractivity contribution in [2.24, 2.45) is 13.0 Å². The van der Waals surface area contributed by atoms with Gasteiger partial charge in [-0.15, -0.1) is 10.2 Å². The molecule has 1 saturated carbocycles. The number of nitrogens with one attached hydrogen (secondary N) is 1. The molecule has 0 bridgehead atoms. The molecule has 1 aliphatic carbocycles. The first kappa shape index (κ1) is 21.7. The fourth-order valence-corrected chi connectivity index (χ4v) is 4.95. The number of amides is 1. The number of fused-ring (bicyclic) bond motifs is 1. The van der Waals surface area contributed by atoms with E-state index in [1.54, 1.807) is 0 Å². The van der Waals surface area contributed by atoms with Crippen molar-refractivity contribution in [3.8, 4) is 5.75 Å². The van der Waals surface area contributed by atoms with Crippen LogP contribution in [0.25, 0.3) is 10.8 Å². The molecule has 1 heterocycles. The zero-order valence-electron chi connectivity index (χ0n) is 18.4. The summed E-state index contributed by atoms with van der Waals surface area (Å²) in [5.41, 5.74) is 1.11. The van der Waals surface area contributed by atoms with Gasteiger partial charge in [-0.3, -0.25) is 4.79 Å². The molecule has 4 rings (SSSR count). The Hall–Kier alpha value is -2.54. The van der Waals surface area contributed by atoms with Gasteiger partial charge in [-0.1, -0.05) is 61.9 Å². The average molecular weight is 439 g/mol. The van der Waals surface area contributed by atoms with Gasteiger partial charge in [0.15, 0.2) is 11.0 Å². The van der Waals surface area contributed by atoms with Crippen LogP contribution in [-0.4, -0.2) is 32.5 Å². The first-order chi connectivity index (χ1) is 15.0. The molecule has 0 aliphatic heterocycles. The van der Waals surface area contributed by atoms with Crippen molar-refractivity contribution in [1.29, 1.82) is 0 Å². The molecule has 1 fully saturated rings. The number of hydrogen-bond acceptors (Lipinski definition) is 5. The summed E-state index contributed by atoms with van der Waals surface area (Å²) in [6, 6.07) is 12.7. The number of benzene rings is 2.